The van der Waals surface area contributed by atoms with E-state index in [1.54, 1.807) is 26.0 Å². The molecule has 11 heteroatoms. The lowest BCUT2D eigenvalue weighted by molar-refractivity contribution is -0.723. The molecule has 2 aliphatic rings. The lowest BCUT2D eigenvalue weighted by Gasteiger charge is -2.29. The molecule has 1 aromatic rings. The number of hydrogen-bond acceptors (Lipinski definition) is 6. The van der Waals surface area contributed by atoms with Crippen molar-refractivity contribution in [3.05, 3.63) is 39.6 Å². The molecule has 152 valence electrons. The molecule has 1 fully saturated rings. The highest BCUT2D eigenvalue weighted by Gasteiger charge is 2.49. The first kappa shape index (κ1) is 19.8. The molecule has 0 aromatic heterocycles. The molecule has 28 heavy (non-hydrogen) atoms. The Kier molecular flexibility index (Phi) is 5.34. The zero-order valence-corrected chi connectivity index (χ0v) is 15.2. The summed E-state index contributed by atoms with van der Waals surface area (Å²) in [5, 5.41) is 15.9. The van der Waals surface area contributed by atoms with Crippen LogP contribution in [0, 0.1) is 19.1 Å². The fourth-order valence-corrected chi connectivity index (χ4v) is 2.85. The second kappa shape index (κ2) is 7.56. The normalized spacial score (nSPS) is 19.2. The zero-order chi connectivity index (χ0) is 20.5. The molecule has 0 amide bonds. The second-order valence-electron chi connectivity index (χ2n) is 6.46. The van der Waals surface area contributed by atoms with Crippen LogP contribution in [0.4, 0.5) is 13.2 Å². The molecule has 0 radical (unpaired) electrons. The van der Waals surface area contributed by atoms with Gasteiger partial charge in [-0.05, 0) is 38.0 Å². The van der Waals surface area contributed by atoms with Gasteiger partial charge in [0.15, 0.2) is 0 Å². The Balaban J connectivity index is 1.74. The highest BCUT2D eigenvalue weighted by atomic mass is 19.4. The number of hydrazine groups is 1. The molecule has 3 rings (SSSR count). The molecule has 1 saturated heterocycles. The zero-order valence-electron chi connectivity index (χ0n) is 15.2. The first-order valence-corrected chi connectivity index (χ1v) is 8.45. The third-order valence-electron chi connectivity index (χ3n) is 4.25. The van der Waals surface area contributed by atoms with Gasteiger partial charge in [0.25, 0.3) is 6.79 Å². The molecule has 0 spiro atoms. The predicted molar refractivity (Wildman–Crippen MR) is 88.7 cm³/mol. The van der Waals surface area contributed by atoms with Gasteiger partial charge >= 0.3 is 12.1 Å². The highest BCUT2D eigenvalue weighted by molar-refractivity contribution is 5.96. The predicted octanol–water partition coefficient (Wildman–Crippen LogP) is 3.03. The van der Waals surface area contributed by atoms with Crippen LogP contribution >= 0.6 is 0 Å². The number of hydrogen-bond donors (Lipinski definition) is 0. The van der Waals surface area contributed by atoms with Crippen molar-refractivity contribution in [2.45, 2.75) is 32.5 Å². The van der Waals surface area contributed by atoms with Crippen LogP contribution in [0.25, 0.3) is 6.08 Å². The van der Waals surface area contributed by atoms with Gasteiger partial charge in [0.05, 0.1) is 23.6 Å². The van der Waals surface area contributed by atoms with E-state index in [-0.39, 0.29) is 10.7 Å². The van der Waals surface area contributed by atoms with E-state index >= 15 is 0 Å². The summed E-state index contributed by atoms with van der Waals surface area (Å²) in [5.74, 6) is -1.21. The average molecular weight is 401 g/mol. The maximum atomic E-state index is 13.4. The number of alkyl halides is 3. The van der Waals surface area contributed by atoms with Gasteiger partial charge in [0.1, 0.15) is 5.75 Å². The number of carbonyl (C=O) groups is 1. The standard InChI is InChI=1S/C17H18F3N3O5/c1-10-6-11(2)14-12(7-10)8-13(15(28-14)17(18,19)20)16(24)26-9-27-21-23(25)22-4-3-5-22/h6-8,15H,3-5,9H2,1-2H3/b23-21-/t15-/m0/s1. The number of carbonyl (C=O) groups excluding carboxylic acids is 1. The van der Waals surface area contributed by atoms with Crippen molar-refractivity contribution >= 4 is 12.0 Å². The third-order valence-corrected chi connectivity index (χ3v) is 4.25. The Labute approximate surface area is 158 Å². The fourth-order valence-electron chi connectivity index (χ4n) is 2.85. The lowest BCUT2D eigenvalue weighted by Crippen LogP contribution is -2.42. The van der Waals surface area contributed by atoms with Gasteiger partial charge in [0.2, 0.25) is 11.4 Å². The van der Waals surface area contributed by atoms with Crippen LogP contribution in [0.3, 0.4) is 0 Å². The smallest absolute Gasteiger partial charge is 0.430 e. The minimum absolute atomic E-state index is 0.0623. The Morgan fingerprint density at radius 2 is 2.11 bits per heavy atom. The van der Waals surface area contributed by atoms with Gasteiger partial charge in [-0.3, -0.25) is 0 Å². The summed E-state index contributed by atoms with van der Waals surface area (Å²) in [6.45, 7) is 3.63. The van der Waals surface area contributed by atoms with E-state index in [4.69, 9.17) is 4.74 Å². The Bertz CT molecular complexity index is 834. The van der Waals surface area contributed by atoms with E-state index in [0.717, 1.165) is 18.1 Å². The average Bonchev–Trinajstić information content (AvgIpc) is 2.54. The number of aryl methyl sites for hydroxylation is 2. The fraction of sp³-hybridized carbons (Fsp3) is 0.471. The van der Waals surface area contributed by atoms with Gasteiger partial charge in [-0.1, -0.05) is 11.6 Å². The summed E-state index contributed by atoms with van der Waals surface area (Å²) in [4.78, 5) is 16.9. The van der Waals surface area contributed by atoms with Crippen molar-refractivity contribution in [2.24, 2.45) is 5.28 Å². The highest BCUT2D eigenvalue weighted by Crippen LogP contribution is 2.39. The monoisotopic (exact) mass is 401 g/mol. The Morgan fingerprint density at radius 3 is 2.71 bits per heavy atom. The second-order valence-corrected chi connectivity index (χ2v) is 6.46. The molecule has 0 aliphatic carbocycles. The molecule has 0 N–H and O–H groups in total. The van der Waals surface area contributed by atoms with Crippen LogP contribution in [-0.2, 0) is 14.4 Å². The quantitative estimate of drug-likeness (QED) is 0.188. The molecule has 0 bridgehead atoms. The van der Waals surface area contributed by atoms with Crippen molar-refractivity contribution in [1.82, 2.24) is 5.01 Å². The number of fused-ring (bicyclic) bond motifs is 1. The first-order valence-electron chi connectivity index (χ1n) is 8.45. The maximum absolute atomic E-state index is 13.4. The van der Waals surface area contributed by atoms with Crippen molar-refractivity contribution in [3.8, 4) is 5.75 Å². The maximum Gasteiger partial charge on any atom is 0.430 e. The summed E-state index contributed by atoms with van der Waals surface area (Å²) in [7, 11) is 0. The van der Waals surface area contributed by atoms with E-state index < -0.39 is 30.6 Å². The van der Waals surface area contributed by atoms with Crippen molar-refractivity contribution in [3.63, 3.8) is 0 Å². The van der Waals surface area contributed by atoms with E-state index in [1.165, 1.54) is 5.01 Å². The van der Waals surface area contributed by atoms with Gasteiger partial charge in [-0.15, -0.1) is 5.01 Å². The minimum atomic E-state index is -4.82. The van der Waals surface area contributed by atoms with Gasteiger partial charge < -0.3 is 19.5 Å². The summed E-state index contributed by atoms with van der Waals surface area (Å²) in [6, 6.07) is 3.29. The van der Waals surface area contributed by atoms with Crippen molar-refractivity contribution in [2.75, 3.05) is 19.9 Å². The SMILES string of the molecule is Cc1cc(C)c2c(c1)C=C(C(=O)OCO/N=[N+](\[O-])N1CCC1)[C@@H](C(F)(F)F)O2. The Hall–Kier alpha value is -2.98. The van der Waals surface area contributed by atoms with Crippen LogP contribution in [0.1, 0.15) is 23.1 Å². The van der Waals surface area contributed by atoms with E-state index in [9.17, 15) is 23.2 Å². The minimum Gasteiger partial charge on any atom is -0.569 e. The molecule has 8 nitrogen and oxygen atoms in total. The summed E-state index contributed by atoms with van der Waals surface area (Å²) < 4.78 is 50.0. The van der Waals surface area contributed by atoms with Gasteiger partial charge in [0, 0.05) is 5.56 Å². The number of ether oxygens (including phenoxy) is 2. The number of nitrogens with zero attached hydrogens (tertiary/aromatic N) is 3. The van der Waals surface area contributed by atoms with Crippen LogP contribution in [0.5, 0.6) is 5.75 Å². The molecule has 0 saturated carbocycles. The molecular weight excluding hydrogens is 383 g/mol. The summed E-state index contributed by atoms with van der Waals surface area (Å²) in [6.07, 6.45) is -5.36. The largest absolute Gasteiger partial charge is 0.569 e. The number of rotatable bonds is 5. The molecular formula is C17H18F3N3O5. The topological polar surface area (TPSA) is 86.4 Å². The number of esters is 1. The van der Waals surface area contributed by atoms with E-state index in [2.05, 4.69) is 14.9 Å². The van der Waals surface area contributed by atoms with E-state index in [1.807, 2.05) is 0 Å². The first-order chi connectivity index (χ1) is 13.2. The summed E-state index contributed by atoms with van der Waals surface area (Å²) >= 11 is 0. The van der Waals surface area contributed by atoms with E-state index in [0.29, 0.717) is 24.2 Å². The Morgan fingerprint density at radius 1 is 1.39 bits per heavy atom. The third kappa shape index (κ3) is 4.12. The molecule has 2 aliphatic heterocycles. The number of halogens is 3. The van der Waals surface area contributed by atoms with Crippen molar-refractivity contribution < 1.29 is 37.2 Å². The van der Waals surface area contributed by atoms with Crippen molar-refractivity contribution in [1.29, 1.82) is 0 Å². The lowest BCUT2D eigenvalue weighted by atomic mass is 9.97. The van der Waals surface area contributed by atoms with Gasteiger partial charge in [-0.2, -0.15) is 13.2 Å². The van der Waals surface area contributed by atoms with Crippen LogP contribution < -0.4 is 4.74 Å². The number of benzene rings is 1. The molecule has 1 aromatic carbocycles. The van der Waals surface area contributed by atoms with Crippen LogP contribution in [0.15, 0.2) is 23.0 Å². The van der Waals surface area contributed by atoms with Gasteiger partial charge in [-0.25, -0.2) is 4.79 Å². The molecule has 1 atom stereocenters. The molecule has 0 unspecified atom stereocenters. The summed E-state index contributed by atoms with van der Waals surface area (Å²) in [5.41, 5.74) is 0.962. The van der Waals surface area contributed by atoms with Crippen LogP contribution in [-0.4, -0.2) is 48.1 Å². The molecule has 2 heterocycles. The van der Waals surface area contributed by atoms with Crippen LogP contribution in [0.2, 0.25) is 0 Å².